The minimum atomic E-state index is -0.588. The van der Waals surface area contributed by atoms with Crippen LogP contribution in [0.1, 0.15) is 33.6 Å². The smallest absolute Gasteiger partial charge is 0.326 e. The zero-order valence-electron chi connectivity index (χ0n) is 12.5. The van der Waals surface area contributed by atoms with Crippen LogP contribution in [0.4, 0.5) is 0 Å². The molecule has 0 aliphatic heterocycles. The van der Waals surface area contributed by atoms with Gasteiger partial charge in [0.25, 0.3) is 0 Å². The molecule has 1 heterocycles. The molecule has 0 radical (unpaired) electrons. The molecule has 1 aromatic heterocycles. The molecule has 1 atom stereocenters. The topological polar surface area (TPSA) is 51.2 Å². The summed E-state index contributed by atoms with van der Waals surface area (Å²) in [5.41, 5.74) is -0.588. The maximum Gasteiger partial charge on any atom is 0.326 e. The number of hydrogen-bond donors (Lipinski definition) is 1. The molecule has 1 unspecified atom stereocenters. The third kappa shape index (κ3) is 5.51. The fraction of sp³-hybridized carbons (Fsp3) is 0.600. The van der Waals surface area contributed by atoms with Gasteiger partial charge in [0.1, 0.15) is 5.54 Å². The number of hydrogen-bond acceptors (Lipinski definition) is 5. The average Bonchev–Trinajstić information content (AvgIpc) is 2.45. The Morgan fingerprint density at radius 3 is 2.85 bits per heavy atom. The van der Waals surface area contributed by atoms with Crippen molar-refractivity contribution >= 4 is 17.7 Å². The molecule has 0 saturated carbocycles. The fourth-order valence-corrected chi connectivity index (χ4v) is 2.79. The van der Waals surface area contributed by atoms with Crippen LogP contribution in [0, 0.1) is 0 Å². The number of ether oxygens (including phenoxy) is 1. The van der Waals surface area contributed by atoms with Crippen LogP contribution < -0.4 is 5.32 Å². The predicted octanol–water partition coefficient (Wildman–Crippen LogP) is 2.89. The Hall–Kier alpha value is -1.07. The molecule has 1 rings (SSSR count). The monoisotopic (exact) mass is 296 g/mol. The highest BCUT2D eigenvalue weighted by Crippen LogP contribution is 2.20. The van der Waals surface area contributed by atoms with E-state index in [0.717, 1.165) is 30.2 Å². The van der Waals surface area contributed by atoms with E-state index in [1.165, 1.54) is 0 Å². The van der Waals surface area contributed by atoms with Gasteiger partial charge in [0, 0.05) is 6.20 Å². The lowest BCUT2D eigenvalue weighted by Gasteiger charge is -2.28. The van der Waals surface area contributed by atoms with Crippen LogP contribution in [-0.2, 0) is 9.53 Å². The van der Waals surface area contributed by atoms with Gasteiger partial charge in [-0.1, -0.05) is 13.0 Å². The minimum Gasteiger partial charge on any atom is -0.465 e. The van der Waals surface area contributed by atoms with E-state index in [1.54, 1.807) is 18.0 Å². The lowest BCUT2D eigenvalue weighted by Crippen LogP contribution is -2.50. The second kappa shape index (κ2) is 8.97. The normalized spacial score (nSPS) is 13.8. The first-order valence-corrected chi connectivity index (χ1v) is 8.07. The summed E-state index contributed by atoms with van der Waals surface area (Å²) >= 11 is 1.71. The SMILES string of the molecule is CCNC(C)(CCCSc1ccccn1)C(=O)OCC. The number of nitrogens with zero attached hydrogens (tertiary/aromatic N) is 1. The molecule has 0 aromatic carbocycles. The van der Waals surface area contributed by atoms with Crippen LogP contribution >= 0.6 is 11.8 Å². The molecular weight excluding hydrogens is 272 g/mol. The molecule has 0 aliphatic rings. The van der Waals surface area contributed by atoms with Crippen molar-refractivity contribution in [3.05, 3.63) is 24.4 Å². The van der Waals surface area contributed by atoms with E-state index in [9.17, 15) is 4.79 Å². The number of carbonyl (C=O) groups excluding carboxylic acids is 1. The first kappa shape index (κ1) is 17.0. The van der Waals surface area contributed by atoms with E-state index >= 15 is 0 Å². The first-order chi connectivity index (χ1) is 9.62. The van der Waals surface area contributed by atoms with Gasteiger partial charge in [-0.3, -0.25) is 4.79 Å². The summed E-state index contributed by atoms with van der Waals surface area (Å²) in [4.78, 5) is 16.3. The number of nitrogens with one attached hydrogen (secondary N) is 1. The van der Waals surface area contributed by atoms with Crippen LogP contribution in [-0.4, -0.2) is 35.4 Å². The van der Waals surface area contributed by atoms with Gasteiger partial charge in [-0.2, -0.15) is 0 Å². The van der Waals surface area contributed by atoms with Crippen molar-refractivity contribution in [1.29, 1.82) is 0 Å². The molecule has 0 bridgehead atoms. The minimum absolute atomic E-state index is 0.162. The Morgan fingerprint density at radius 1 is 1.45 bits per heavy atom. The summed E-state index contributed by atoms with van der Waals surface area (Å²) in [7, 11) is 0. The number of pyridine rings is 1. The van der Waals surface area contributed by atoms with Gasteiger partial charge >= 0.3 is 5.97 Å². The summed E-state index contributed by atoms with van der Waals surface area (Å²) in [5, 5.41) is 4.26. The maximum atomic E-state index is 12.0. The second-order valence-corrected chi connectivity index (χ2v) is 5.82. The molecular formula is C15H24N2O2S. The molecule has 0 saturated heterocycles. The summed E-state index contributed by atoms with van der Waals surface area (Å²) in [6.07, 6.45) is 3.49. The van der Waals surface area contributed by atoms with E-state index in [4.69, 9.17) is 4.74 Å². The number of thioether (sulfide) groups is 1. The summed E-state index contributed by atoms with van der Waals surface area (Å²) in [5.74, 6) is 0.780. The standard InChI is InChI=1S/C15H24N2O2S/c1-4-17-15(3,14(18)19-5-2)10-8-12-20-13-9-6-7-11-16-13/h6-7,9,11,17H,4-5,8,10,12H2,1-3H3. The van der Waals surface area contributed by atoms with Gasteiger partial charge in [-0.15, -0.1) is 11.8 Å². The van der Waals surface area contributed by atoms with E-state index < -0.39 is 5.54 Å². The molecule has 4 nitrogen and oxygen atoms in total. The third-order valence-electron chi connectivity index (χ3n) is 3.00. The van der Waals surface area contributed by atoms with E-state index in [-0.39, 0.29) is 5.97 Å². The van der Waals surface area contributed by atoms with Crippen molar-refractivity contribution in [1.82, 2.24) is 10.3 Å². The highest BCUT2D eigenvalue weighted by atomic mass is 32.2. The largest absolute Gasteiger partial charge is 0.465 e. The van der Waals surface area contributed by atoms with E-state index in [2.05, 4.69) is 10.3 Å². The Balaban J connectivity index is 2.41. The van der Waals surface area contributed by atoms with Crippen LogP contribution in [0.5, 0.6) is 0 Å². The van der Waals surface area contributed by atoms with Crippen molar-refractivity contribution in [2.75, 3.05) is 18.9 Å². The van der Waals surface area contributed by atoms with Crippen molar-refractivity contribution < 1.29 is 9.53 Å². The quantitative estimate of drug-likeness (QED) is 0.431. The number of likely N-dealkylation sites (N-methyl/N-ethyl adjacent to an activating group) is 1. The number of rotatable bonds is 9. The molecule has 0 amide bonds. The lowest BCUT2D eigenvalue weighted by molar-refractivity contribution is -0.150. The van der Waals surface area contributed by atoms with Crippen LogP contribution in [0.15, 0.2) is 29.4 Å². The number of aromatic nitrogens is 1. The van der Waals surface area contributed by atoms with E-state index in [0.29, 0.717) is 6.61 Å². The Labute approximate surface area is 125 Å². The molecule has 20 heavy (non-hydrogen) atoms. The van der Waals surface area contributed by atoms with Gasteiger partial charge < -0.3 is 10.1 Å². The van der Waals surface area contributed by atoms with Crippen molar-refractivity contribution in [2.45, 2.75) is 44.2 Å². The van der Waals surface area contributed by atoms with Crippen LogP contribution in [0.3, 0.4) is 0 Å². The highest BCUT2D eigenvalue weighted by molar-refractivity contribution is 7.99. The Bertz CT molecular complexity index is 400. The maximum absolute atomic E-state index is 12.0. The van der Waals surface area contributed by atoms with Crippen molar-refractivity contribution in [3.63, 3.8) is 0 Å². The molecule has 0 spiro atoms. The van der Waals surface area contributed by atoms with Crippen molar-refractivity contribution in [2.24, 2.45) is 0 Å². The summed E-state index contributed by atoms with van der Waals surface area (Å²) < 4.78 is 5.15. The fourth-order valence-electron chi connectivity index (χ4n) is 1.98. The summed E-state index contributed by atoms with van der Waals surface area (Å²) in [6, 6.07) is 5.89. The van der Waals surface area contributed by atoms with E-state index in [1.807, 2.05) is 39.0 Å². The first-order valence-electron chi connectivity index (χ1n) is 7.08. The molecule has 0 fully saturated rings. The average molecular weight is 296 g/mol. The second-order valence-electron chi connectivity index (χ2n) is 4.70. The summed E-state index contributed by atoms with van der Waals surface area (Å²) in [6.45, 7) is 6.92. The van der Waals surface area contributed by atoms with Crippen LogP contribution in [0.25, 0.3) is 0 Å². The van der Waals surface area contributed by atoms with Gasteiger partial charge in [0.05, 0.1) is 11.6 Å². The molecule has 1 aromatic rings. The van der Waals surface area contributed by atoms with Gasteiger partial charge in [-0.25, -0.2) is 4.98 Å². The molecule has 112 valence electrons. The van der Waals surface area contributed by atoms with Crippen molar-refractivity contribution in [3.8, 4) is 0 Å². The van der Waals surface area contributed by atoms with Gasteiger partial charge in [0.2, 0.25) is 0 Å². The zero-order chi connectivity index (χ0) is 14.8. The molecule has 5 heteroatoms. The molecule has 0 aliphatic carbocycles. The zero-order valence-corrected chi connectivity index (χ0v) is 13.3. The Morgan fingerprint density at radius 2 is 2.25 bits per heavy atom. The number of esters is 1. The van der Waals surface area contributed by atoms with Crippen LogP contribution in [0.2, 0.25) is 0 Å². The highest BCUT2D eigenvalue weighted by Gasteiger charge is 2.32. The lowest BCUT2D eigenvalue weighted by atomic mass is 9.96. The predicted molar refractivity (Wildman–Crippen MR) is 82.9 cm³/mol. The Kier molecular flexibility index (Phi) is 7.62. The van der Waals surface area contributed by atoms with Gasteiger partial charge in [-0.05, 0) is 51.1 Å². The molecule has 1 N–H and O–H groups in total. The van der Waals surface area contributed by atoms with Gasteiger partial charge in [0.15, 0.2) is 0 Å². The number of carbonyl (C=O) groups is 1. The third-order valence-corrected chi connectivity index (χ3v) is 4.03.